The summed E-state index contributed by atoms with van der Waals surface area (Å²) in [5.41, 5.74) is 0.142. The van der Waals surface area contributed by atoms with Gasteiger partial charge in [0, 0.05) is 11.5 Å². The molecule has 2 unspecified atom stereocenters. The minimum atomic E-state index is -1.54. The molecule has 1 fully saturated rings. The SMILES string of the molecule is O=c1cc(O[C@@H]2OC(CO)[C@@H](O)[C@H](O)C2O)c2ccccc2[nH]1. The average molecular weight is 323 g/mol. The van der Waals surface area contributed by atoms with E-state index in [0.717, 1.165) is 0 Å². The molecular formula is C15H17NO7. The fourth-order valence-electron chi connectivity index (χ4n) is 2.56. The van der Waals surface area contributed by atoms with Gasteiger partial charge in [0.25, 0.3) is 5.56 Å². The van der Waals surface area contributed by atoms with Crippen LogP contribution in [-0.4, -0.2) is 62.7 Å². The summed E-state index contributed by atoms with van der Waals surface area (Å²) in [6, 6.07) is 8.10. The van der Waals surface area contributed by atoms with E-state index in [9.17, 15) is 25.2 Å². The summed E-state index contributed by atoms with van der Waals surface area (Å²) in [7, 11) is 0. The first-order valence-corrected chi connectivity index (χ1v) is 7.10. The Morgan fingerprint density at radius 2 is 1.87 bits per heavy atom. The third-order valence-electron chi connectivity index (χ3n) is 3.80. The lowest BCUT2D eigenvalue weighted by atomic mass is 9.99. The van der Waals surface area contributed by atoms with Crippen LogP contribution in [0.15, 0.2) is 35.1 Å². The van der Waals surface area contributed by atoms with Crippen LogP contribution in [0, 0.1) is 0 Å². The smallest absolute Gasteiger partial charge is 0.252 e. The first-order valence-electron chi connectivity index (χ1n) is 7.10. The second-order valence-corrected chi connectivity index (χ2v) is 5.36. The van der Waals surface area contributed by atoms with E-state index in [1.807, 2.05) is 0 Å². The van der Waals surface area contributed by atoms with Crippen LogP contribution in [0.5, 0.6) is 5.75 Å². The van der Waals surface area contributed by atoms with Crippen molar-refractivity contribution in [2.45, 2.75) is 30.7 Å². The maximum Gasteiger partial charge on any atom is 0.252 e. The molecule has 2 aromatic rings. The number of aromatic nitrogens is 1. The summed E-state index contributed by atoms with van der Waals surface area (Å²) < 4.78 is 10.8. The number of hydrogen-bond donors (Lipinski definition) is 5. The summed E-state index contributed by atoms with van der Waals surface area (Å²) >= 11 is 0. The van der Waals surface area contributed by atoms with Gasteiger partial charge in [-0.3, -0.25) is 4.79 Å². The summed E-state index contributed by atoms with van der Waals surface area (Å²) in [4.78, 5) is 14.3. The first-order chi connectivity index (χ1) is 11.0. The predicted octanol–water partition coefficient (Wildman–Crippen LogP) is -1.29. The fourth-order valence-corrected chi connectivity index (χ4v) is 2.56. The molecule has 0 spiro atoms. The van der Waals surface area contributed by atoms with Crippen LogP contribution in [0.4, 0.5) is 0 Å². The van der Waals surface area contributed by atoms with Gasteiger partial charge in [-0.15, -0.1) is 0 Å². The largest absolute Gasteiger partial charge is 0.461 e. The Bertz CT molecular complexity index is 744. The Kier molecular flexibility index (Phi) is 4.33. The molecule has 0 amide bonds. The highest BCUT2D eigenvalue weighted by atomic mass is 16.7. The van der Waals surface area contributed by atoms with Gasteiger partial charge < -0.3 is 34.9 Å². The number of aromatic amines is 1. The molecule has 124 valence electrons. The number of pyridine rings is 1. The molecule has 0 bridgehead atoms. The van der Waals surface area contributed by atoms with Gasteiger partial charge in [0.05, 0.1) is 12.1 Å². The molecule has 3 rings (SSSR count). The Balaban J connectivity index is 1.93. The average Bonchev–Trinajstić information content (AvgIpc) is 2.55. The maximum atomic E-state index is 11.7. The third-order valence-corrected chi connectivity index (χ3v) is 3.80. The van der Waals surface area contributed by atoms with Crippen LogP contribution in [-0.2, 0) is 4.74 Å². The summed E-state index contributed by atoms with van der Waals surface area (Å²) in [5.74, 6) is 0.161. The number of rotatable bonds is 3. The second-order valence-electron chi connectivity index (χ2n) is 5.36. The van der Waals surface area contributed by atoms with Gasteiger partial charge in [0.15, 0.2) is 0 Å². The highest BCUT2D eigenvalue weighted by molar-refractivity contribution is 5.84. The van der Waals surface area contributed by atoms with Crippen LogP contribution in [0.25, 0.3) is 10.9 Å². The quantitative estimate of drug-likeness (QED) is 0.474. The summed E-state index contributed by atoms with van der Waals surface area (Å²) in [5, 5.41) is 39.3. The lowest BCUT2D eigenvalue weighted by molar-refractivity contribution is -0.277. The lowest BCUT2D eigenvalue weighted by Crippen LogP contribution is -2.60. The van der Waals surface area contributed by atoms with E-state index in [1.54, 1.807) is 24.3 Å². The van der Waals surface area contributed by atoms with E-state index in [4.69, 9.17) is 9.47 Å². The molecule has 0 saturated carbocycles. The molecule has 5 atom stereocenters. The number of aliphatic hydroxyl groups is 4. The molecule has 8 nitrogen and oxygen atoms in total. The van der Waals surface area contributed by atoms with E-state index >= 15 is 0 Å². The summed E-state index contributed by atoms with van der Waals surface area (Å²) in [6.07, 6.45) is -6.96. The molecule has 5 N–H and O–H groups in total. The number of fused-ring (bicyclic) bond motifs is 1. The van der Waals surface area contributed by atoms with E-state index in [1.165, 1.54) is 6.07 Å². The van der Waals surface area contributed by atoms with E-state index in [0.29, 0.717) is 10.9 Å². The first kappa shape index (κ1) is 15.9. The zero-order valence-corrected chi connectivity index (χ0v) is 12.0. The Morgan fingerprint density at radius 3 is 2.61 bits per heavy atom. The molecule has 8 heteroatoms. The molecule has 0 aliphatic carbocycles. The zero-order valence-electron chi connectivity index (χ0n) is 12.0. The van der Waals surface area contributed by atoms with Crippen molar-refractivity contribution in [1.82, 2.24) is 4.98 Å². The fraction of sp³-hybridized carbons (Fsp3) is 0.400. The minimum Gasteiger partial charge on any atom is -0.461 e. The van der Waals surface area contributed by atoms with Crippen LogP contribution in [0.2, 0.25) is 0 Å². The number of hydrogen-bond acceptors (Lipinski definition) is 7. The van der Waals surface area contributed by atoms with Crippen LogP contribution >= 0.6 is 0 Å². The molecule has 1 aliphatic rings. The van der Waals surface area contributed by atoms with Crippen molar-refractivity contribution < 1.29 is 29.9 Å². The maximum absolute atomic E-state index is 11.7. The topological polar surface area (TPSA) is 132 Å². The number of aliphatic hydroxyl groups excluding tert-OH is 4. The Labute approximate surface area is 130 Å². The molecule has 23 heavy (non-hydrogen) atoms. The van der Waals surface area contributed by atoms with Crippen molar-refractivity contribution in [3.63, 3.8) is 0 Å². The lowest BCUT2D eigenvalue weighted by Gasteiger charge is -2.39. The highest BCUT2D eigenvalue weighted by Gasteiger charge is 2.44. The number of para-hydroxylation sites is 1. The highest BCUT2D eigenvalue weighted by Crippen LogP contribution is 2.27. The second kappa shape index (κ2) is 6.26. The van der Waals surface area contributed by atoms with Gasteiger partial charge in [-0.2, -0.15) is 0 Å². The molecule has 0 radical (unpaired) electrons. The minimum absolute atomic E-state index is 0.161. The molecule has 1 aromatic carbocycles. The number of ether oxygens (including phenoxy) is 2. The van der Waals surface area contributed by atoms with Crippen molar-refractivity contribution in [1.29, 1.82) is 0 Å². The molecular weight excluding hydrogens is 306 g/mol. The van der Waals surface area contributed by atoms with Gasteiger partial charge >= 0.3 is 0 Å². The van der Waals surface area contributed by atoms with Gasteiger partial charge in [-0.25, -0.2) is 0 Å². The molecule has 1 aliphatic heterocycles. The number of H-pyrrole nitrogens is 1. The van der Waals surface area contributed by atoms with Crippen molar-refractivity contribution in [2.24, 2.45) is 0 Å². The standard InChI is InChI=1S/C15H17NO7/c17-6-10-12(19)13(20)14(21)15(23-10)22-9-5-11(18)16-8-4-2-1-3-7(8)9/h1-5,10,12-15,17,19-21H,6H2,(H,16,18)/t10?,12-,13+,14?,15-/m1/s1. The van der Waals surface area contributed by atoms with Gasteiger partial charge in [-0.1, -0.05) is 12.1 Å². The van der Waals surface area contributed by atoms with Crippen molar-refractivity contribution >= 4 is 10.9 Å². The van der Waals surface area contributed by atoms with Crippen molar-refractivity contribution in [2.75, 3.05) is 6.61 Å². The van der Waals surface area contributed by atoms with E-state index in [-0.39, 0.29) is 5.75 Å². The van der Waals surface area contributed by atoms with E-state index in [2.05, 4.69) is 4.98 Å². The van der Waals surface area contributed by atoms with Gasteiger partial charge in [-0.05, 0) is 12.1 Å². The van der Waals surface area contributed by atoms with Crippen LogP contribution in [0.3, 0.4) is 0 Å². The molecule has 2 heterocycles. The normalized spacial score (nSPS) is 31.2. The molecule has 1 saturated heterocycles. The Hall–Kier alpha value is -1.97. The predicted molar refractivity (Wildman–Crippen MR) is 79.0 cm³/mol. The number of nitrogens with one attached hydrogen (secondary N) is 1. The van der Waals surface area contributed by atoms with Crippen LogP contribution < -0.4 is 10.3 Å². The van der Waals surface area contributed by atoms with Crippen molar-refractivity contribution in [3.8, 4) is 5.75 Å². The molecule has 1 aromatic heterocycles. The number of benzene rings is 1. The third kappa shape index (κ3) is 2.94. The Morgan fingerprint density at radius 1 is 1.13 bits per heavy atom. The monoisotopic (exact) mass is 323 g/mol. The zero-order chi connectivity index (χ0) is 16.6. The summed E-state index contributed by atoms with van der Waals surface area (Å²) in [6.45, 7) is -0.555. The van der Waals surface area contributed by atoms with Crippen molar-refractivity contribution in [3.05, 3.63) is 40.7 Å². The van der Waals surface area contributed by atoms with Gasteiger partial charge in [0.1, 0.15) is 30.2 Å². The van der Waals surface area contributed by atoms with Gasteiger partial charge in [0.2, 0.25) is 6.29 Å². The van der Waals surface area contributed by atoms with Crippen LogP contribution in [0.1, 0.15) is 0 Å². The van der Waals surface area contributed by atoms with E-state index < -0.39 is 42.9 Å².